The maximum absolute atomic E-state index is 5.29. The van der Waals surface area contributed by atoms with Crippen molar-refractivity contribution in [2.45, 2.75) is 25.3 Å². The van der Waals surface area contributed by atoms with Crippen molar-refractivity contribution < 1.29 is 4.74 Å². The van der Waals surface area contributed by atoms with Crippen LogP contribution < -0.4 is 10.1 Å². The molecule has 1 unspecified atom stereocenters. The van der Waals surface area contributed by atoms with Crippen molar-refractivity contribution in [3.05, 3.63) is 22.7 Å². The third kappa shape index (κ3) is 3.89. The van der Waals surface area contributed by atoms with E-state index in [4.69, 9.17) is 4.74 Å². The lowest BCUT2D eigenvalue weighted by molar-refractivity contribution is 0.348. The highest BCUT2D eigenvalue weighted by atomic mass is 79.9. The summed E-state index contributed by atoms with van der Waals surface area (Å²) in [4.78, 5) is 2.41. The summed E-state index contributed by atoms with van der Waals surface area (Å²) >= 11 is 3.52. The number of nitrogens with zero attached hydrogens (tertiary/aromatic N) is 1. The predicted octanol–water partition coefficient (Wildman–Crippen LogP) is 3.35. The van der Waals surface area contributed by atoms with Gasteiger partial charge in [-0.25, -0.2) is 0 Å². The first-order valence-electron chi connectivity index (χ1n) is 6.47. The van der Waals surface area contributed by atoms with E-state index < -0.39 is 0 Å². The molecule has 1 aromatic rings. The number of ether oxygens (including phenoxy) is 1. The fourth-order valence-electron chi connectivity index (χ4n) is 2.38. The number of nitrogens with one attached hydrogen (secondary N) is 1. The minimum atomic E-state index is 0.564. The minimum Gasteiger partial charge on any atom is -0.497 e. The standard InChI is InChI=1S/C14H21BrN2O/c1-17-6-3-4-12(5-7-17)16-13-8-11(15)9-14(10-13)18-2/h8-10,12,16H,3-7H2,1-2H3. The van der Waals surface area contributed by atoms with Gasteiger partial charge in [-0.2, -0.15) is 0 Å². The van der Waals surface area contributed by atoms with E-state index in [1.165, 1.54) is 32.4 Å². The largest absolute Gasteiger partial charge is 0.497 e. The molecule has 1 saturated heterocycles. The van der Waals surface area contributed by atoms with Gasteiger partial charge >= 0.3 is 0 Å². The fraction of sp³-hybridized carbons (Fsp3) is 0.571. The maximum atomic E-state index is 5.29. The van der Waals surface area contributed by atoms with Gasteiger partial charge in [-0.1, -0.05) is 15.9 Å². The average Bonchev–Trinajstić information content (AvgIpc) is 2.54. The molecule has 1 aliphatic heterocycles. The monoisotopic (exact) mass is 312 g/mol. The van der Waals surface area contributed by atoms with E-state index >= 15 is 0 Å². The Labute approximate surface area is 118 Å². The van der Waals surface area contributed by atoms with Crippen LogP contribution in [0.3, 0.4) is 0 Å². The van der Waals surface area contributed by atoms with Gasteiger partial charge < -0.3 is 15.0 Å². The molecule has 0 radical (unpaired) electrons. The number of anilines is 1. The van der Waals surface area contributed by atoms with Crippen LogP contribution in [0.5, 0.6) is 5.75 Å². The molecule has 3 nitrogen and oxygen atoms in total. The van der Waals surface area contributed by atoms with Crippen LogP contribution in [0.4, 0.5) is 5.69 Å². The van der Waals surface area contributed by atoms with Crippen LogP contribution in [-0.2, 0) is 0 Å². The topological polar surface area (TPSA) is 24.5 Å². The molecule has 0 spiro atoms. The molecule has 1 aromatic carbocycles. The van der Waals surface area contributed by atoms with Crippen LogP contribution in [0.15, 0.2) is 22.7 Å². The number of rotatable bonds is 3. The number of hydrogen-bond acceptors (Lipinski definition) is 3. The van der Waals surface area contributed by atoms with E-state index in [0.29, 0.717) is 6.04 Å². The highest BCUT2D eigenvalue weighted by Gasteiger charge is 2.14. The average molecular weight is 313 g/mol. The molecule has 1 aliphatic rings. The van der Waals surface area contributed by atoms with Crippen molar-refractivity contribution >= 4 is 21.6 Å². The summed E-state index contributed by atoms with van der Waals surface area (Å²) in [6.07, 6.45) is 3.70. The molecular formula is C14H21BrN2O. The number of benzene rings is 1. The Morgan fingerprint density at radius 3 is 2.89 bits per heavy atom. The molecule has 0 bridgehead atoms. The van der Waals surface area contributed by atoms with Crippen LogP contribution in [-0.4, -0.2) is 38.2 Å². The van der Waals surface area contributed by atoms with Crippen molar-refractivity contribution in [3.63, 3.8) is 0 Å². The lowest BCUT2D eigenvalue weighted by atomic mass is 10.1. The molecule has 100 valence electrons. The number of methoxy groups -OCH3 is 1. The number of halogens is 1. The van der Waals surface area contributed by atoms with Crippen molar-refractivity contribution in [2.75, 3.05) is 32.6 Å². The van der Waals surface area contributed by atoms with Gasteiger partial charge in [0.25, 0.3) is 0 Å². The molecule has 0 amide bonds. The second kappa shape index (κ2) is 6.43. The Balaban J connectivity index is 2.01. The summed E-state index contributed by atoms with van der Waals surface area (Å²) in [6.45, 7) is 2.38. The third-order valence-electron chi connectivity index (χ3n) is 3.43. The molecule has 0 aromatic heterocycles. The van der Waals surface area contributed by atoms with Gasteiger partial charge in [-0.05, 0) is 51.5 Å². The van der Waals surface area contributed by atoms with Crippen LogP contribution in [0.25, 0.3) is 0 Å². The van der Waals surface area contributed by atoms with Gasteiger partial charge in [-0.15, -0.1) is 0 Å². The van der Waals surface area contributed by atoms with E-state index in [0.717, 1.165) is 15.9 Å². The molecule has 0 saturated carbocycles. The zero-order valence-corrected chi connectivity index (χ0v) is 12.7. The molecule has 4 heteroatoms. The second-order valence-corrected chi connectivity index (χ2v) is 5.87. The Hall–Kier alpha value is -0.740. The third-order valence-corrected chi connectivity index (χ3v) is 3.89. The molecule has 1 N–H and O–H groups in total. The van der Waals surface area contributed by atoms with Crippen molar-refractivity contribution in [1.82, 2.24) is 4.90 Å². The van der Waals surface area contributed by atoms with Gasteiger partial charge in [0.2, 0.25) is 0 Å². The maximum Gasteiger partial charge on any atom is 0.122 e. The fourth-order valence-corrected chi connectivity index (χ4v) is 2.86. The first-order chi connectivity index (χ1) is 8.67. The summed E-state index contributed by atoms with van der Waals surface area (Å²) in [5.41, 5.74) is 1.13. The molecule has 1 fully saturated rings. The van der Waals surface area contributed by atoms with Crippen molar-refractivity contribution in [1.29, 1.82) is 0 Å². The van der Waals surface area contributed by atoms with Gasteiger partial charge in [0, 0.05) is 22.3 Å². The summed E-state index contributed by atoms with van der Waals surface area (Å²) in [5, 5.41) is 3.62. The lowest BCUT2D eigenvalue weighted by Gasteiger charge is -2.18. The lowest BCUT2D eigenvalue weighted by Crippen LogP contribution is -2.22. The van der Waals surface area contributed by atoms with Crippen LogP contribution in [0.2, 0.25) is 0 Å². The quantitative estimate of drug-likeness (QED) is 0.926. The minimum absolute atomic E-state index is 0.564. The zero-order valence-electron chi connectivity index (χ0n) is 11.1. The van der Waals surface area contributed by atoms with E-state index in [1.807, 2.05) is 6.07 Å². The van der Waals surface area contributed by atoms with E-state index in [9.17, 15) is 0 Å². The Kier molecular flexibility index (Phi) is 4.89. The van der Waals surface area contributed by atoms with Gasteiger partial charge in [0.1, 0.15) is 5.75 Å². The first-order valence-corrected chi connectivity index (χ1v) is 7.26. The molecule has 1 heterocycles. The Bertz CT molecular complexity index is 397. The summed E-state index contributed by atoms with van der Waals surface area (Å²) < 4.78 is 6.34. The van der Waals surface area contributed by atoms with E-state index in [1.54, 1.807) is 7.11 Å². The van der Waals surface area contributed by atoms with Gasteiger partial charge in [-0.3, -0.25) is 0 Å². The van der Waals surface area contributed by atoms with Crippen molar-refractivity contribution in [2.24, 2.45) is 0 Å². The second-order valence-electron chi connectivity index (χ2n) is 4.96. The highest BCUT2D eigenvalue weighted by Crippen LogP contribution is 2.26. The SMILES string of the molecule is COc1cc(Br)cc(NC2CCCN(C)CC2)c1. The summed E-state index contributed by atoms with van der Waals surface area (Å²) in [6, 6.07) is 6.71. The molecule has 2 rings (SSSR count). The normalized spacial score (nSPS) is 21.4. The molecule has 18 heavy (non-hydrogen) atoms. The highest BCUT2D eigenvalue weighted by molar-refractivity contribution is 9.10. The first kappa shape index (κ1) is 13.7. The van der Waals surface area contributed by atoms with Crippen LogP contribution in [0.1, 0.15) is 19.3 Å². The zero-order chi connectivity index (χ0) is 13.0. The summed E-state index contributed by atoms with van der Waals surface area (Å²) in [5.74, 6) is 0.887. The molecule has 0 aliphatic carbocycles. The van der Waals surface area contributed by atoms with Crippen LogP contribution in [0, 0.1) is 0 Å². The van der Waals surface area contributed by atoms with Gasteiger partial charge in [0.15, 0.2) is 0 Å². The predicted molar refractivity (Wildman–Crippen MR) is 79.5 cm³/mol. The Morgan fingerprint density at radius 2 is 2.11 bits per heavy atom. The van der Waals surface area contributed by atoms with E-state index in [2.05, 4.69) is 45.3 Å². The van der Waals surface area contributed by atoms with Gasteiger partial charge in [0.05, 0.1) is 7.11 Å². The molecule has 1 atom stereocenters. The van der Waals surface area contributed by atoms with Crippen molar-refractivity contribution in [3.8, 4) is 5.75 Å². The number of hydrogen-bond donors (Lipinski definition) is 1. The molecular weight excluding hydrogens is 292 g/mol. The van der Waals surface area contributed by atoms with E-state index in [-0.39, 0.29) is 0 Å². The Morgan fingerprint density at radius 1 is 1.28 bits per heavy atom. The smallest absolute Gasteiger partial charge is 0.122 e. The summed E-state index contributed by atoms with van der Waals surface area (Å²) in [7, 11) is 3.90. The number of likely N-dealkylation sites (tertiary alicyclic amines) is 1. The van der Waals surface area contributed by atoms with Crippen LogP contribution >= 0.6 is 15.9 Å².